The van der Waals surface area contributed by atoms with Crippen molar-refractivity contribution >= 4 is 29.4 Å². The van der Waals surface area contributed by atoms with Crippen molar-refractivity contribution in [3.63, 3.8) is 0 Å². The van der Waals surface area contributed by atoms with Gasteiger partial charge in [-0.3, -0.25) is 4.79 Å². The number of carbonyl (C=O) groups is 1. The summed E-state index contributed by atoms with van der Waals surface area (Å²) < 4.78 is 25.5. The average molecular weight is 460 g/mol. The van der Waals surface area contributed by atoms with E-state index in [2.05, 4.69) is 22.2 Å². The maximum Gasteiger partial charge on any atom is 0.253 e. The first-order valence-electron chi connectivity index (χ1n) is 10.8. The molecule has 5 rings (SSSR count). The van der Waals surface area contributed by atoms with Crippen molar-refractivity contribution in [1.82, 2.24) is 15.2 Å². The lowest BCUT2D eigenvalue weighted by molar-refractivity contribution is 0.0463. The van der Waals surface area contributed by atoms with Crippen LogP contribution in [0, 0.1) is 5.82 Å². The number of oxazole rings is 1. The van der Waals surface area contributed by atoms with E-state index >= 15 is 0 Å². The topological polar surface area (TPSA) is 67.6 Å². The van der Waals surface area contributed by atoms with Gasteiger partial charge in [0.15, 0.2) is 5.58 Å². The van der Waals surface area contributed by atoms with Crippen molar-refractivity contribution in [3.8, 4) is 17.2 Å². The first-order chi connectivity index (χ1) is 15.0. The molecule has 1 amide bonds. The van der Waals surface area contributed by atoms with Gasteiger partial charge in [0.2, 0.25) is 5.89 Å². The molecule has 2 aliphatic rings. The molecule has 3 aromatic rings. The van der Waals surface area contributed by atoms with E-state index in [0.717, 1.165) is 25.7 Å². The molecule has 1 N–H and O–H groups in total. The minimum Gasteiger partial charge on any atom is -0.496 e. The van der Waals surface area contributed by atoms with Gasteiger partial charge >= 0.3 is 0 Å². The summed E-state index contributed by atoms with van der Waals surface area (Å²) in [6.45, 7) is 0. The molecule has 32 heavy (non-hydrogen) atoms. The quantitative estimate of drug-likeness (QED) is 0.606. The molecule has 2 fully saturated rings. The molecule has 6 nitrogen and oxygen atoms in total. The molecule has 3 heterocycles. The monoisotopic (exact) mass is 459 g/mol. The number of rotatable bonds is 4. The van der Waals surface area contributed by atoms with Gasteiger partial charge in [0.1, 0.15) is 17.1 Å². The van der Waals surface area contributed by atoms with Gasteiger partial charge in [0, 0.05) is 24.2 Å². The van der Waals surface area contributed by atoms with Crippen molar-refractivity contribution in [3.05, 3.63) is 47.8 Å². The molecule has 2 atom stereocenters. The molecule has 0 radical (unpaired) electrons. The van der Waals surface area contributed by atoms with Crippen LogP contribution in [0.4, 0.5) is 4.39 Å². The van der Waals surface area contributed by atoms with Crippen LogP contribution in [-0.4, -0.2) is 48.1 Å². The van der Waals surface area contributed by atoms with E-state index < -0.39 is 5.82 Å². The highest BCUT2D eigenvalue weighted by Crippen LogP contribution is 2.34. The van der Waals surface area contributed by atoms with E-state index in [0.29, 0.717) is 34.8 Å². The molecule has 2 aliphatic heterocycles. The SMILES string of the molecule is COc1ccccc1-c1nc2c(C(=O)NC3CC4CCCC(C3)N4C)cc(F)cc2o1.Cl. The predicted octanol–water partition coefficient (Wildman–Crippen LogP) is 4.81. The highest BCUT2D eigenvalue weighted by Gasteiger charge is 2.36. The van der Waals surface area contributed by atoms with Crippen LogP contribution in [-0.2, 0) is 0 Å². The first-order valence-corrected chi connectivity index (χ1v) is 10.8. The van der Waals surface area contributed by atoms with E-state index in [1.54, 1.807) is 13.2 Å². The van der Waals surface area contributed by atoms with Crippen molar-refractivity contribution in [2.75, 3.05) is 14.2 Å². The second-order valence-corrected chi connectivity index (χ2v) is 8.57. The number of benzene rings is 2. The number of halogens is 2. The molecular weight excluding hydrogens is 433 g/mol. The van der Waals surface area contributed by atoms with Crippen LogP contribution >= 0.6 is 12.4 Å². The Balaban J connectivity index is 0.00000245. The van der Waals surface area contributed by atoms with Crippen LogP contribution in [0.5, 0.6) is 5.75 Å². The van der Waals surface area contributed by atoms with Crippen LogP contribution in [0.1, 0.15) is 42.5 Å². The number of methoxy groups -OCH3 is 1. The highest BCUT2D eigenvalue weighted by molar-refractivity contribution is 6.05. The number of para-hydroxylation sites is 1. The van der Waals surface area contributed by atoms with E-state index in [-0.39, 0.29) is 35.5 Å². The summed E-state index contributed by atoms with van der Waals surface area (Å²) in [6.07, 6.45) is 5.41. The average Bonchev–Trinajstić information content (AvgIpc) is 3.17. The van der Waals surface area contributed by atoms with E-state index in [9.17, 15) is 9.18 Å². The Labute approximate surface area is 192 Å². The Bertz CT molecular complexity index is 1120. The summed E-state index contributed by atoms with van der Waals surface area (Å²) in [5, 5.41) is 3.14. The maximum absolute atomic E-state index is 14.3. The number of nitrogens with zero attached hydrogens (tertiary/aromatic N) is 2. The number of hydrogen-bond donors (Lipinski definition) is 1. The van der Waals surface area contributed by atoms with E-state index in [1.165, 1.54) is 18.6 Å². The second kappa shape index (κ2) is 9.08. The zero-order valence-electron chi connectivity index (χ0n) is 18.1. The van der Waals surface area contributed by atoms with E-state index in [4.69, 9.17) is 9.15 Å². The van der Waals surface area contributed by atoms with Gasteiger partial charge in [0.25, 0.3) is 5.91 Å². The molecule has 2 bridgehead atoms. The third kappa shape index (κ3) is 4.07. The fourth-order valence-corrected chi connectivity index (χ4v) is 5.10. The summed E-state index contributed by atoms with van der Waals surface area (Å²) >= 11 is 0. The number of aromatic nitrogens is 1. The second-order valence-electron chi connectivity index (χ2n) is 8.57. The van der Waals surface area contributed by atoms with Crippen molar-refractivity contribution in [2.45, 2.75) is 50.2 Å². The number of carbonyl (C=O) groups excluding carboxylic acids is 1. The highest BCUT2D eigenvalue weighted by atomic mass is 35.5. The summed E-state index contributed by atoms with van der Waals surface area (Å²) in [5.74, 6) is 0.0527. The van der Waals surface area contributed by atoms with Gasteiger partial charge < -0.3 is 19.4 Å². The van der Waals surface area contributed by atoms with Gasteiger partial charge in [-0.1, -0.05) is 18.6 Å². The standard InChI is InChI=1S/C24H26FN3O3.ClH/c1-28-16-6-5-7-17(28)13-15(12-16)26-23(29)19-10-14(25)11-21-22(19)27-24(31-21)18-8-3-4-9-20(18)30-2;/h3-4,8-11,15-17H,5-7,12-13H2,1-2H3,(H,26,29);1H. The summed E-state index contributed by atoms with van der Waals surface area (Å²) in [6, 6.07) is 10.9. The molecule has 0 spiro atoms. The van der Waals surface area contributed by atoms with Crippen LogP contribution in [0.15, 0.2) is 40.8 Å². The van der Waals surface area contributed by atoms with Gasteiger partial charge in [-0.25, -0.2) is 9.37 Å². The number of fused-ring (bicyclic) bond motifs is 3. The Morgan fingerprint density at radius 3 is 2.66 bits per heavy atom. The van der Waals surface area contributed by atoms with Gasteiger partial charge in [0.05, 0.1) is 18.2 Å². The maximum atomic E-state index is 14.3. The molecule has 0 saturated carbocycles. The molecule has 2 unspecified atom stereocenters. The van der Waals surface area contributed by atoms with Gasteiger partial charge in [-0.2, -0.15) is 0 Å². The zero-order valence-corrected chi connectivity index (χ0v) is 19.0. The minimum absolute atomic E-state index is 0. The Hall–Kier alpha value is -2.64. The number of hydrogen-bond acceptors (Lipinski definition) is 5. The van der Waals surface area contributed by atoms with Gasteiger partial charge in [-0.05, 0) is 50.9 Å². The normalized spacial score (nSPS) is 22.9. The van der Waals surface area contributed by atoms with Gasteiger partial charge in [-0.15, -0.1) is 12.4 Å². The van der Waals surface area contributed by atoms with Crippen LogP contribution in [0.2, 0.25) is 0 Å². The lowest BCUT2D eigenvalue weighted by Gasteiger charge is -2.47. The molecule has 8 heteroatoms. The molecule has 2 saturated heterocycles. The fourth-order valence-electron chi connectivity index (χ4n) is 5.10. The lowest BCUT2D eigenvalue weighted by atomic mass is 9.82. The number of piperidine rings is 2. The van der Waals surface area contributed by atoms with Crippen molar-refractivity contribution in [2.24, 2.45) is 0 Å². The van der Waals surface area contributed by atoms with Crippen LogP contribution < -0.4 is 10.1 Å². The molecule has 2 aromatic carbocycles. The van der Waals surface area contributed by atoms with Crippen LogP contribution in [0.25, 0.3) is 22.6 Å². The summed E-state index contributed by atoms with van der Waals surface area (Å²) in [4.78, 5) is 20.1. The number of ether oxygens (including phenoxy) is 1. The summed E-state index contributed by atoms with van der Waals surface area (Å²) in [7, 11) is 3.74. The third-order valence-electron chi connectivity index (χ3n) is 6.72. The predicted molar refractivity (Wildman–Crippen MR) is 123 cm³/mol. The zero-order chi connectivity index (χ0) is 21.5. The minimum atomic E-state index is -0.527. The molecular formula is C24H27ClFN3O3. The smallest absolute Gasteiger partial charge is 0.253 e. The Morgan fingerprint density at radius 1 is 1.22 bits per heavy atom. The fraction of sp³-hybridized carbons (Fsp3) is 0.417. The molecule has 170 valence electrons. The number of amides is 1. The van der Waals surface area contributed by atoms with Crippen LogP contribution in [0.3, 0.4) is 0 Å². The largest absolute Gasteiger partial charge is 0.496 e. The number of nitrogens with one attached hydrogen (secondary N) is 1. The van der Waals surface area contributed by atoms with E-state index in [1.807, 2.05) is 18.2 Å². The lowest BCUT2D eigenvalue weighted by Crippen LogP contribution is -2.55. The first kappa shape index (κ1) is 22.6. The Morgan fingerprint density at radius 2 is 1.94 bits per heavy atom. The van der Waals surface area contributed by atoms with Crippen molar-refractivity contribution < 1.29 is 18.3 Å². The summed E-state index contributed by atoms with van der Waals surface area (Å²) in [5.41, 5.74) is 1.44. The molecule has 0 aliphatic carbocycles. The molecule has 1 aromatic heterocycles. The Kier molecular flexibility index (Phi) is 6.40. The van der Waals surface area contributed by atoms with Crippen molar-refractivity contribution in [1.29, 1.82) is 0 Å². The third-order valence-corrected chi connectivity index (χ3v) is 6.72.